The number of nitrogens with zero attached hydrogens (tertiary/aromatic N) is 1. The second-order valence-electron chi connectivity index (χ2n) is 2.72. The third-order valence-corrected chi connectivity index (χ3v) is 2.18. The van der Waals surface area contributed by atoms with Crippen LogP contribution in [0.1, 0.15) is 0 Å². The van der Waals surface area contributed by atoms with Gasteiger partial charge in [-0.1, -0.05) is 41.9 Å². The minimum Gasteiger partial charge on any atom is -0.264 e. The van der Waals surface area contributed by atoms with Crippen molar-refractivity contribution in [1.82, 2.24) is 4.98 Å². The van der Waals surface area contributed by atoms with E-state index in [2.05, 4.69) is 4.98 Å². The van der Waals surface area contributed by atoms with Crippen LogP contribution in [0, 0.1) is 0 Å². The fourth-order valence-electron chi connectivity index (χ4n) is 1.21. The molecule has 1 nitrogen and oxygen atoms in total. The highest BCUT2D eigenvalue weighted by Crippen LogP contribution is 2.25. The van der Waals surface area contributed by atoms with Gasteiger partial charge in [0.25, 0.3) is 0 Å². The second kappa shape index (κ2) is 3.58. The number of halogens is 1. The first-order chi connectivity index (χ1) is 6.38. The number of aromatic nitrogens is 1. The van der Waals surface area contributed by atoms with Gasteiger partial charge in [-0.15, -0.1) is 0 Å². The average Bonchev–Trinajstić information content (AvgIpc) is 2.20. The van der Waals surface area contributed by atoms with Gasteiger partial charge in [-0.2, -0.15) is 0 Å². The molecule has 0 radical (unpaired) electrons. The summed E-state index contributed by atoms with van der Waals surface area (Å²) in [6.45, 7) is 0. The number of rotatable bonds is 1. The molecule has 0 amide bonds. The molecule has 0 saturated heterocycles. The molecule has 0 fully saturated rings. The molecule has 13 heavy (non-hydrogen) atoms. The molecular weight excluding hydrogens is 182 g/mol. The average molecular weight is 190 g/mol. The van der Waals surface area contributed by atoms with E-state index in [0.29, 0.717) is 0 Å². The fourth-order valence-corrected chi connectivity index (χ4v) is 1.42. The van der Waals surface area contributed by atoms with Gasteiger partial charge in [-0.3, -0.25) is 4.98 Å². The lowest BCUT2D eigenvalue weighted by molar-refractivity contribution is 1.33. The van der Waals surface area contributed by atoms with Gasteiger partial charge in [0, 0.05) is 18.0 Å². The van der Waals surface area contributed by atoms with Crippen LogP contribution in [0.2, 0.25) is 5.02 Å². The van der Waals surface area contributed by atoms with E-state index in [0.717, 1.165) is 16.1 Å². The number of hydrogen-bond donors (Lipinski definition) is 0. The molecule has 0 bridgehead atoms. The first-order valence-electron chi connectivity index (χ1n) is 4.03. The van der Waals surface area contributed by atoms with Gasteiger partial charge in [0.2, 0.25) is 0 Å². The Hall–Kier alpha value is -1.34. The van der Waals surface area contributed by atoms with E-state index in [1.165, 1.54) is 0 Å². The predicted octanol–water partition coefficient (Wildman–Crippen LogP) is 3.40. The zero-order valence-electron chi connectivity index (χ0n) is 6.94. The zero-order chi connectivity index (χ0) is 9.10. The van der Waals surface area contributed by atoms with Gasteiger partial charge in [-0.05, 0) is 11.6 Å². The largest absolute Gasteiger partial charge is 0.264 e. The third kappa shape index (κ3) is 1.70. The van der Waals surface area contributed by atoms with Gasteiger partial charge in [-0.25, -0.2) is 0 Å². The smallest absolute Gasteiger partial charge is 0.0515 e. The summed E-state index contributed by atoms with van der Waals surface area (Å²) >= 11 is 6.02. The van der Waals surface area contributed by atoms with E-state index in [9.17, 15) is 0 Å². The fraction of sp³-hybridized carbons (Fsp3) is 0. The van der Waals surface area contributed by atoms with E-state index in [4.69, 9.17) is 11.6 Å². The lowest BCUT2D eigenvalue weighted by Gasteiger charge is -2.01. The maximum absolute atomic E-state index is 6.02. The maximum atomic E-state index is 6.02. The summed E-state index contributed by atoms with van der Waals surface area (Å²) in [6, 6.07) is 11.8. The van der Waals surface area contributed by atoms with Crippen LogP contribution in [-0.2, 0) is 0 Å². The van der Waals surface area contributed by atoms with Crippen molar-refractivity contribution in [2.75, 3.05) is 0 Å². The molecule has 0 unspecified atom stereocenters. The molecular formula is C11H8ClN. The van der Waals surface area contributed by atoms with Gasteiger partial charge >= 0.3 is 0 Å². The van der Waals surface area contributed by atoms with Crippen LogP contribution in [-0.4, -0.2) is 4.98 Å². The summed E-state index contributed by atoms with van der Waals surface area (Å²) in [7, 11) is 0. The second-order valence-corrected chi connectivity index (χ2v) is 3.13. The molecule has 64 valence electrons. The minimum absolute atomic E-state index is 0.737. The highest BCUT2D eigenvalue weighted by Gasteiger charge is 2.00. The molecule has 2 rings (SSSR count). The maximum Gasteiger partial charge on any atom is 0.0515 e. The molecule has 1 aromatic carbocycles. The van der Waals surface area contributed by atoms with Crippen molar-refractivity contribution in [3.8, 4) is 11.1 Å². The van der Waals surface area contributed by atoms with Crippen molar-refractivity contribution in [1.29, 1.82) is 0 Å². The Kier molecular flexibility index (Phi) is 2.28. The van der Waals surface area contributed by atoms with Crippen LogP contribution in [0.5, 0.6) is 0 Å². The summed E-state index contributed by atoms with van der Waals surface area (Å²) < 4.78 is 0. The predicted molar refractivity (Wildman–Crippen MR) is 54.7 cm³/mol. The third-order valence-electron chi connectivity index (χ3n) is 1.85. The van der Waals surface area contributed by atoms with Crippen LogP contribution < -0.4 is 0 Å². The first-order valence-corrected chi connectivity index (χ1v) is 4.40. The Labute approximate surface area is 82.0 Å². The van der Waals surface area contributed by atoms with E-state index >= 15 is 0 Å². The van der Waals surface area contributed by atoms with Crippen LogP contribution >= 0.6 is 11.6 Å². The van der Waals surface area contributed by atoms with Gasteiger partial charge in [0.05, 0.1) is 5.02 Å². The minimum atomic E-state index is 0.737. The van der Waals surface area contributed by atoms with Crippen molar-refractivity contribution in [3.63, 3.8) is 0 Å². The Morgan fingerprint density at radius 1 is 1.00 bits per heavy atom. The molecule has 2 heteroatoms. The Bertz CT molecular complexity index is 398. The normalized spacial score (nSPS) is 9.92. The lowest BCUT2D eigenvalue weighted by Crippen LogP contribution is -1.79. The van der Waals surface area contributed by atoms with Crippen molar-refractivity contribution < 1.29 is 0 Å². The molecule has 0 atom stereocenters. The van der Waals surface area contributed by atoms with Crippen molar-refractivity contribution in [3.05, 3.63) is 53.8 Å². The lowest BCUT2D eigenvalue weighted by atomic mass is 10.1. The van der Waals surface area contributed by atoms with Gasteiger partial charge in [0.1, 0.15) is 0 Å². The van der Waals surface area contributed by atoms with Crippen molar-refractivity contribution in [2.45, 2.75) is 0 Å². The Balaban J connectivity index is 2.54. The summed E-state index contributed by atoms with van der Waals surface area (Å²) in [5, 5.41) is 0.737. The van der Waals surface area contributed by atoms with E-state index in [1.807, 2.05) is 30.3 Å². The molecule has 0 aliphatic rings. The molecule has 1 aromatic heterocycles. The molecule has 0 aliphatic heterocycles. The van der Waals surface area contributed by atoms with Crippen LogP contribution in [0.4, 0.5) is 0 Å². The Morgan fingerprint density at radius 2 is 1.77 bits per heavy atom. The molecule has 2 aromatic rings. The van der Waals surface area contributed by atoms with E-state index < -0.39 is 0 Å². The van der Waals surface area contributed by atoms with E-state index in [1.54, 1.807) is 18.5 Å². The van der Waals surface area contributed by atoms with Crippen molar-refractivity contribution >= 4 is 11.6 Å². The van der Waals surface area contributed by atoms with Crippen LogP contribution in [0.3, 0.4) is 0 Å². The van der Waals surface area contributed by atoms with Crippen molar-refractivity contribution in [2.24, 2.45) is 0 Å². The standard InChI is InChI=1S/C11H8ClN/c12-11-6-7-13-8-10(11)9-4-2-1-3-5-9/h1-8H. The quantitative estimate of drug-likeness (QED) is 0.670. The number of benzene rings is 1. The zero-order valence-corrected chi connectivity index (χ0v) is 7.70. The number of hydrogen-bond acceptors (Lipinski definition) is 1. The molecule has 0 N–H and O–H groups in total. The molecule has 1 heterocycles. The highest BCUT2D eigenvalue weighted by molar-refractivity contribution is 6.33. The molecule has 0 spiro atoms. The van der Waals surface area contributed by atoms with Crippen LogP contribution in [0.25, 0.3) is 11.1 Å². The van der Waals surface area contributed by atoms with Crippen LogP contribution in [0.15, 0.2) is 48.8 Å². The molecule has 0 saturated carbocycles. The molecule has 0 aliphatic carbocycles. The first kappa shape index (κ1) is 8.27. The summed E-state index contributed by atoms with van der Waals surface area (Å²) in [4.78, 5) is 4.04. The SMILES string of the molecule is Clc1ccncc1-c1ccccc1. The monoisotopic (exact) mass is 189 g/mol. The highest BCUT2D eigenvalue weighted by atomic mass is 35.5. The van der Waals surface area contributed by atoms with Gasteiger partial charge in [0.15, 0.2) is 0 Å². The summed E-state index contributed by atoms with van der Waals surface area (Å²) in [5.41, 5.74) is 2.07. The Morgan fingerprint density at radius 3 is 2.46 bits per heavy atom. The summed E-state index contributed by atoms with van der Waals surface area (Å²) in [6.07, 6.45) is 3.46. The number of pyridine rings is 1. The summed E-state index contributed by atoms with van der Waals surface area (Å²) in [5.74, 6) is 0. The van der Waals surface area contributed by atoms with Gasteiger partial charge < -0.3 is 0 Å². The van der Waals surface area contributed by atoms with E-state index in [-0.39, 0.29) is 0 Å². The topological polar surface area (TPSA) is 12.9 Å².